The van der Waals surface area contributed by atoms with Gasteiger partial charge in [-0.15, -0.1) is 0 Å². The standard InChI is InChI=1S/C13H20N2O/c1-13(2)5-8-15(9-6-13)12-10-11(16-3)4-7-14-12/h4,7,10H,5-6,8-9H2,1-3H3. The summed E-state index contributed by atoms with van der Waals surface area (Å²) in [5.41, 5.74) is 0.482. The highest BCUT2D eigenvalue weighted by atomic mass is 16.5. The number of nitrogens with zero attached hydrogens (tertiary/aromatic N) is 2. The van der Waals surface area contributed by atoms with Crippen molar-refractivity contribution >= 4 is 5.82 Å². The van der Waals surface area contributed by atoms with Crippen molar-refractivity contribution in [1.29, 1.82) is 0 Å². The first kappa shape index (κ1) is 11.2. The lowest BCUT2D eigenvalue weighted by Gasteiger charge is -2.37. The molecule has 3 nitrogen and oxygen atoms in total. The molecule has 0 amide bonds. The summed E-state index contributed by atoms with van der Waals surface area (Å²) >= 11 is 0. The Labute approximate surface area is 97.4 Å². The van der Waals surface area contributed by atoms with Crippen molar-refractivity contribution in [2.24, 2.45) is 5.41 Å². The predicted molar refractivity (Wildman–Crippen MR) is 66.0 cm³/mol. The Balaban J connectivity index is 2.08. The third kappa shape index (κ3) is 2.46. The number of hydrogen-bond donors (Lipinski definition) is 0. The van der Waals surface area contributed by atoms with Crippen molar-refractivity contribution in [3.8, 4) is 5.75 Å². The van der Waals surface area contributed by atoms with Crippen molar-refractivity contribution in [3.63, 3.8) is 0 Å². The highest BCUT2D eigenvalue weighted by Crippen LogP contribution is 2.32. The zero-order valence-corrected chi connectivity index (χ0v) is 10.4. The summed E-state index contributed by atoms with van der Waals surface area (Å²) in [7, 11) is 1.69. The Hall–Kier alpha value is -1.25. The molecular formula is C13H20N2O. The fourth-order valence-corrected chi connectivity index (χ4v) is 2.04. The van der Waals surface area contributed by atoms with E-state index in [0.29, 0.717) is 5.41 Å². The molecule has 0 spiro atoms. The summed E-state index contributed by atoms with van der Waals surface area (Å²) < 4.78 is 5.22. The molecule has 2 heterocycles. The number of hydrogen-bond acceptors (Lipinski definition) is 3. The smallest absolute Gasteiger partial charge is 0.132 e. The van der Waals surface area contributed by atoms with Crippen LogP contribution in [-0.4, -0.2) is 25.2 Å². The molecule has 0 saturated carbocycles. The van der Waals surface area contributed by atoms with Gasteiger partial charge in [-0.05, 0) is 24.3 Å². The van der Waals surface area contributed by atoms with Gasteiger partial charge in [0.25, 0.3) is 0 Å². The average Bonchev–Trinajstić information content (AvgIpc) is 2.29. The summed E-state index contributed by atoms with van der Waals surface area (Å²) in [6, 6.07) is 3.90. The third-order valence-corrected chi connectivity index (χ3v) is 3.39. The van der Waals surface area contributed by atoms with Crippen LogP contribution in [0.3, 0.4) is 0 Å². The molecule has 1 aromatic rings. The SMILES string of the molecule is COc1ccnc(N2CCC(C)(C)CC2)c1. The maximum Gasteiger partial charge on any atom is 0.132 e. The molecule has 1 aliphatic rings. The van der Waals surface area contributed by atoms with Crippen LogP contribution in [0.1, 0.15) is 26.7 Å². The van der Waals surface area contributed by atoms with Crippen LogP contribution in [-0.2, 0) is 0 Å². The summed E-state index contributed by atoms with van der Waals surface area (Å²) in [5, 5.41) is 0. The van der Waals surface area contributed by atoms with E-state index in [9.17, 15) is 0 Å². The Morgan fingerprint density at radius 1 is 1.31 bits per heavy atom. The molecule has 0 aliphatic carbocycles. The predicted octanol–water partition coefficient (Wildman–Crippen LogP) is 2.72. The molecule has 1 saturated heterocycles. The molecule has 16 heavy (non-hydrogen) atoms. The van der Waals surface area contributed by atoms with Crippen molar-refractivity contribution < 1.29 is 4.74 Å². The van der Waals surface area contributed by atoms with Crippen LogP contribution < -0.4 is 9.64 Å². The number of methoxy groups -OCH3 is 1. The zero-order chi connectivity index (χ0) is 11.6. The largest absolute Gasteiger partial charge is 0.497 e. The third-order valence-electron chi connectivity index (χ3n) is 3.39. The van der Waals surface area contributed by atoms with Crippen LogP contribution in [0.4, 0.5) is 5.82 Å². The van der Waals surface area contributed by atoms with E-state index in [-0.39, 0.29) is 0 Å². The first-order valence-electron chi connectivity index (χ1n) is 5.86. The second kappa shape index (κ2) is 4.32. The number of piperidine rings is 1. The Morgan fingerprint density at radius 3 is 2.62 bits per heavy atom. The van der Waals surface area contributed by atoms with Crippen LogP contribution in [0.15, 0.2) is 18.3 Å². The number of anilines is 1. The summed E-state index contributed by atoms with van der Waals surface area (Å²) in [5.74, 6) is 1.92. The molecular weight excluding hydrogens is 200 g/mol. The second-order valence-electron chi connectivity index (χ2n) is 5.21. The molecule has 0 atom stereocenters. The minimum atomic E-state index is 0.482. The van der Waals surface area contributed by atoms with Gasteiger partial charge in [-0.3, -0.25) is 0 Å². The molecule has 0 bridgehead atoms. The lowest BCUT2D eigenvalue weighted by atomic mass is 9.83. The minimum Gasteiger partial charge on any atom is -0.497 e. The monoisotopic (exact) mass is 220 g/mol. The van der Waals surface area contributed by atoms with Crippen LogP contribution in [0, 0.1) is 5.41 Å². The van der Waals surface area contributed by atoms with Gasteiger partial charge in [0.15, 0.2) is 0 Å². The van der Waals surface area contributed by atoms with E-state index < -0.39 is 0 Å². The van der Waals surface area contributed by atoms with Gasteiger partial charge in [0.05, 0.1) is 7.11 Å². The summed E-state index contributed by atoms with van der Waals surface area (Å²) in [6.45, 7) is 6.85. The normalized spacial score (nSPS) is 19.6. The summed E-state index contributed by atoms with van der Waals surface area (Å²) in [4.78, 5) is 6.75. The molecule has 1 aromatic heterocycles. The Kier molecular flexibility index (Phi) is 3.03. The Morgan fingerprint density at radius 2 is 2.00 bits per heavy atom. The van der Waals surface area contributed by atoms with Gasteiger partial charge in [0.2, 0.25) is 0 Å². The van der Waals surface area contributed by atoms with Crippen molar-refractivity contribution in [2.45, 2.75) is 26.7 Å². The van der Waals surface area contributed by atoms with E-state index in [2.05, 4.69) is 23.7 Å². The maximum atomic E-state index is 5.22. The van der Waals surface area contributed by atoms with Gasteiger partial charge in [-0.1, -0.05) is 13.8 Å². The average molecular weight is 220 g/mol. The maximum absolute atomic E-state index is 5.22. The van der Waals surface area contributed by atoms with E-state index in [4.69, 9.17) is 4.74 Å². The highest BCUT2D eigenvalue weighted by molar-refractivity contribution is 5.43. The first-order valence-corrected chi connectivity index (χ1v) is 5.86. The minimum absolute atomic E-state index is 0.482. The van der Waals surface area contributed by atoms with E-state index in [1.54, 1.807) is 7.11 Å². The van der Waals surface area contributed by atoms with E-state index in [0.717, 1.165) is 24.7 Å². The van der Waals surface area contributed by atoms with Crippen LogP contribution in [0.5, 0.6) is 5.75 Å². The number of ether oxygens (including phenoxy) is 1. The first-order chi connectivity index (χ1) is 7.61. The topological polar surface area (TPSA) is 25.4 Å². The van der Waals surface area contributed by atoms with Gasteiger partial charge < -0.3 is 9.64 Å². The number of pyridine rings is 1. The molecule has 0 aromatic carbocycles. The quantitative estimate of drug-likeness (QED) is 0.766. The van der Waals surface area contributed by atoms with Crippen LogP contribution in [0.2, 0.25) is 0 Å². The van der Waals surface area contributed by atoms with Gasteiger partial charge in [-0.25, -0.2) is 4.98 Å². The van der Waals surface area contributed by atoms with Crippen LogP contribution in [0.25, 0.3) is 0 Å². The van der Waals surface area contributed by atoms with Crippen molar-refractivity contribution in [2.75, 3.05) is 25.1 Å². The lowest BCUT2D eigenvalue weighted by Crippen LogP contribution is -2.37. The van der Waals surface area contributed by atoms with Gasteiger partial charge in [0, 0.05) is 25.4 Å². The highest BCUT2D eigenvalue weighted by Gasteiger charge is 2.25. The molecule has 0 radical (unpaired) electrons. The number of aromatic nitrogens is 1. The molecule has 1 fully saturated rings. The molecule has 1 aliphatic heterocycles. The van der Waals surface area contributed by atoms with E-state index in [1.807, 2.05) is 18.3 Å². The molecule has 88 valence electrons. The molecule has 3 heteroatoms. The van der Waals surface area contributed by atoms with Crippen LogP contribution >= 0.6 is 0 Å². The molecule has 0 unspecified atom stereocenters. The Bertz CT molecular complexity index is 353. The molecule has 2 rings (SSSR count). The van der Waals surface area contributed by atoms with Crippen molar-refractivity contribution in [1.82, 2.24) is 4.98 Å². The molecule has 0 N–H and O–H groups in total. The van der Waals surface area contributed by atoms with Gasteiger partial charge >= 0.3 is 0 Å². The van der Waals surface area contributed by atoms with Gasteiger partial charge in [-0.2, -0.15) is 0 Å². The summed E-state index contributed by atoms with van der Waals surface area (Å²) in [6.07, 6.45) is 4.27. The fourth-order valence-electron chi connectivity index (χ4n) is 2.04. The lowest BCUT2D eigenvalue weighted by molar-refractivity contribution is 0.279. The van der Waals surface area contributed by atoms with Gasteiger partial charge in [0.1, 0.15) is 11.6 Å². The van der Waals surface area contributed by atoms with E-state index >= 15 is 0 Å². The number of rotatable bonds is 2. The van der Waals surface area contributed by atoms with E-state index in [1.165, 1.54) is 12.8 Å². The zero-order valence-electron chi connectivity index (χ0n) is 10.4. The fraction of sp³-hybridized carbons (Fsp3) is 0.615. The van der Waals surface area contributed by atoms with Crippen molar-refractivity contribution in [3.05, 3.63) is 18.3 Å². The second-order valence-corrected chi connectivity index (χ2v) is 5.21.